The average molecular weight is 255 g/mol. The Morgan fingerprint density at radius 3 is 2.75 bits per heavy atom. The summed E-state index contributed by atoms with van der Waals surface area (Å²) in [7, 11) is 0. The molecule has 2 rings (SSSR count). The highest BCUT2D eigenvalue weighted by Gasteiger charge is 2.09. The van der Waals surface area contributed by atoms with Crippen LogP contribution in [0.5, 0.6) is 0 Å². The number of ketones is 1. The van der Waals surface area contributed by atoms with Crippen LogP contribution in [-0.4, -0.2) is 5.78 Å². The molecule has 0 N–H and O–H groups in total. The highest BCUT2D eigenvalue weighted by atomic mass is 35.5. The Balaban J connectivity index is 2.13. The molecule has 0 aliphatic carbocycles. The van der Waals surface area contributed by atoms with Crippen molar-refractivity contribution in [1.82, 2.24) is 0 Å². The smallest absolute Gasteiger partial charge is 0.177 e. The van der Waals surface area contributed by atoms with Gasteiger partial charge in [-0.05, 0) is 29.8 Å². The third-order valence-electron chi connectivity index (χ3n) is 2.10. The van der Waals surface area contributed by atoms with E-state index in [1.165, 1.54) is 23.5 Å². The Labute approximate surface area is 101 Å². The van der Waals surface area contributed by atoms with Gasteiger partial charge in [-0.15, -0.1) is 11.3 Å². The number of hydrogen-bond donors (Lipinski definition) is 0. The molecule has 82 valence electrons. The first-order valence-corrected chi connectivity index (χ1v) is 5.87. The van der Waals surface area contributed by atoms with Crippen LogP contribution >= 0.6 is 22.9 Å². The fraction of sp³-hybridized carbons (Fsp3) is 0.0833. The number of halogens is 2. The summed E-state index contributed by atoms with van der Waals surface area (Å²) in [6, 6.07) is 9.43. The van der Waals surface area contributed by atoms with Gasteiger partial charge >= 0.3 is 0 Å². The standard InChI is InChI=1S/C12H8ClFOS/c13-12-5-4-11(16-12)10(15)7-8-2-1-3-9(14)6-8/h1-6H,7H2. The maximum atomic E-state index is 12.9. The molecule has 16 heavy (non-hydrogen) atoms. The summed E-state index contributed by atoms with van der Waals surface area (Å²) in [6.45, 7) is 0. The van der Waals surface area contributed by atoms with Gasteiger partial charge in [0, 0.05) is 6.42 Å². The fourth-order valence-corrected chi connectivity index (χ4v) is 2.36. The van der Waals surface area contributed by atoms with Crippen LogP contribution in [-0.2, 0) is 6.42 Å². The molecule has 0 fully saturated rings. The van der Waals surface area contributed by atoms with Crippen LogP contribution in [0.1, 0.15) is 15.2 Å². The molecule has 1 aromatic carbocycles. The van der Waals surface area contributed by atoms with E-state index in [1.54, 1.807) is 24.3 Å². The second-order valence-corrected chi connectivity index (χ2v) is 5.05. The Morgan fingerprint density at radius 2 is 2.12 bits per heavy atom. The molecule has 0 saturated heterocycles. The van der Waals surface area contributed by atoms with Crippen LogP contribution < -0.4 is 0 Å². The molecule has 2 aromatic rings. The van der Waals surface area contributed by atoms with E-state index in [4.69, 9.17) is 11.6 Å². The first kappa shape index (κ1) is 11.3. The lowest BCUT2D eigenvalue weighted by atomic mass is 10.1. The summed E-state index contributed by atoms with van der Waals surface area (Å²) < 4.78 is 13.5. The van der Waals surface area contributed by atoms with Gasteiger partial charge in [-0.2, -0.15) is 0 Å². The van der Waals surface area contributed by atoms with Crippen LogP contribution in [0, 0.1) is 5.82 Å². The third kappa shape index (κ3) is 2.68. The largest absolute Gasteiger partial charge is 0.293 e. The summed E-state index contributed by atoms with van der Waals surface area (Å²) in [5.74, 6) is -0.364. The lowest BCUT2D eigenvalue weighted by molar-refractivity contribution is 0.0997. The molecule has 0 unspecified atom stereocenters. The van der Waals surface area contributed by atoms with Gasteiger partial charge in [-0.3, -0.25) is 4.79 Å². The van der Waals surface area contributed by atoms with Crippen LogP contribution in [0.2, 0.25) is 4.34 Å². The molecule has 0 atom stereocenters. The first-order chi connectivity index (χ1) is 7.65. The Hall–Kier alpha value is -1.19. The quantitative estimate of drug-likeness (QED) is 0.758. The van der Waals surface area contributed by atoms with Gasteiger partial charge in [0.15, 0.2) is 5.78 Å². The SMILES string of the molecule is O=C(Cc1cccc(F)c1)c1ccc(Cl)s1. The van der Waals surface area contributed by atoms with E-state index in [1.807, 2.05) is 0 Å². The first-order valence-electron chi connectivity index (χ1n) is 4.68. The second-order valence-electron chi connectivity index (χ2n) is 3.33. The lowest BCUT2D eigenvalue weighted by Gasteiger charge is -1.98. The molecule has 1 heterocycles. The average Bonchev–Trinajstić information content (AvgIpc) is 2.65. The number of carbonyl (C=O) groups is 1. The number of Topliss-reactive ketones (excluding diaryl/α,β-unsaturated/α-hetero) is 1. The van der Waals surface area contributed by atoms with E-state index in [9.17, 15) is 9.18 Å². The molecular weight excluding hydrogens is 247 g/mol. The van der Waals surface area contributed by atoms with E-state index < -0.39 is 0 Å². The third-order valence-corrected chi connectivity index (χ3v) is 3.37. The molecule has 0 spiro atoms. The maximum Gasteiger partial charge on any atom is 0.177 e. The number of rotatable bonds is 3. The Morgan fingerprint density at radius 1 is 1.31 bits per heavy atom. The lowest BCUT2D eigenvalue weighted by Crippen LogP contribution is -2.01. The van der Waals surface area contributed by atoms with Crippen LogP contribution in [0.25, 0.3) is 0 Å². The molecule has 0 bridgehead atoms. The van der Waals surface area contributed by atoms with Crippen molar-refractivity contribution in [3.8, 4) is 0 Å². The van der Waals surface area contributed by atoms with Gasteiger partial charge in [0.2, 0.25) is 0 Å². The van der Waals surface area contributed by atoms with E-state index in [2.05, 4.69) is 0 Å². The molecule has 0 amide bonds. The van der Waals surface area contributed by atoms with Crippen molar-refractivity contribution in [3.63, 3.8) is 0 Å². The molecule has 1 aromatic heterocycles. The van der Waals surface area contributed by atoms with E-state index >= 15 is 0 Å². The number of benzene rings is 1. The number of carbonyl (C=O) groups excluding carboxylic acids is 1. The van der Waals surface area contributed by atoms with Crippen molar-refractivity contribution in [2.45, 2.75) is 6.42 Å². The Bertz CT molecular complexity index is 521. The van der Waals surface area contributed by atoms with Crippen molar-refractivity contribution < 1.29 is 9.18 Å². The zero-order valence-electron chi connectivity index (χ0n) is 8.24. The van der Waals surface area contributed by atoms with Crippen molar-refractivity contribution in [2.24, 2.45) is 0 Å². The van der Waals surface area contributed by atoms with Crippen LogP contribution in [0.3, 0.4) is 0 Å². The van der Waals surface area contributed by atoms with E-state index in [-0.39, 0.29) is 18.0 Å². The molecular formula is C12H8ClFOS. The molecule has 0 aliphatic heterocycles. The Kier molecular flexibility index (Phi) is 3.36. The van der Waals surface area contributed by atoms with Crippen molar-refractivity contribution >= 4 is 28.7 Å². The van der Waals surface area contributed by atoms with Crippen LogP contribution in [0.4, 0.5) is 4.39 Å². The van der Waals surface area contributed by atoms with Gasteiger partial charge in [-0.1, -0.05) is 23.7 Å². The molecule has 1 nitrogen and oxygen atoms in total. The number of thiophene rings is 1. The van der Waals surface area contributed by atoms with Gasteiger partial charge in [0.1, 0.15) is 5.82 Å². The van der Waals surface area contributed by atoms with Gasteiger partial charge in [0.25, 0.3) is 0 Å². The minimum Gasteiger partial charge on any atom is -0.293 e. The highest BCUT2D eigenvalue weighted by molar-refractivity contribution is 7.18. The van der Waals surface area contributed by atoms with Gasteiger partial charge in [0.05, 0.1) is 9.21 Å². The summed E-state index contributed by atoms with van der Waals surface area (Å²) >= 11 is 6.98. The molecule has 0 saturated carbocycles. The zero-order valence-corrected chi connectivity index (χ0v) is 9.82. The fourth-order valence-electron chi connectivity index (χ4n) is 1.38. The summed E-state index contributed by atoms with van der Waals surface area (Å²) in [5.41, 5.74) is 0.675. The normalized spacial score (nSPS) is 10.4. The molecule has 4 heteroatoms. The monoisotopic (exact) mass is 254 g/mol. The molecule has 0 aliphatic rings. The second kappa shape index (κ2) is 4.76. The predicted octanol–water partition coefficient (Wildman–Crippen LogP) is 3.97. The van der Waals surface area contributed by atoms with Crippen molar-refractivity contribution in [1.29, 1.82) is 0 Å². The number of hydrogen-bond acceptors (Lipinski definition) is 2. The summed E-state index contributed by atoms with van der Waals surface area (Å²) in [4.78, 5) is 12.4. The van der Waals surface area contributed by atoms with Crippen molar-refractivity contribution in [2.75, 3.05) is 0 Å². The van der Waals surface area contributed by atoms with E-state index in [0.717, 1.165) is 0 Å². The summed E-state index contributed by atoms with van der Waals surface area (Å²) in [5, 5.41) is 0. The minimum absolute atomic E-state index is 0.0394. The minimum atomic E-state index is -0.325. The molecule has 0 radical (unpaired) electrons. The van der Waals surface area contributed by atoms with Crippen LogP contribution in [0.15, 0.2) is 36.4 Å². The van der Waals surface area contributed by atoms with Gasteiger partial charge < -0.3 is 0 Å². The highest BCUT2D eigenvalue weighted by Crippen LogP contribution is 2.22. The zero-order chi connectivity index (χ0) is 11.5. The maximum absolute atomic E-state index is 12.9. The topological polar surface area (TPSA) is 17.1 Å². The van der Waals surface area contributed by atoms with Crippen molar-refractivity contribution in [3.05, 3.63) is 57.0 Å². The summed E-state index contributed by atoms with van der Waals surface area (Å²) in [6.07, 6.45) is 0.203. The van der Waals surface area contributed by atoms with E-state index in [0.29, 0.717) is 14.8 Å². The predicted molar refractivity (Wildman–Crippen MR) is 63.8 cm³/mol. The van der Waals surface area contributed by atoms with Gasteiger partial charge in [-0.25, -0.2) is 4.39 Å².